The molecule has 1 aromatic carbocycles. The first-order valence-corrected chi connectivity index (χ1v) is 6.31. The van der Waals surface area contributed by atoms with Gasteiger partial charge in [0.05, 0.1) is 17.8 Å². The van der Waals surface area contributed by atoms with Gasteiger partial charge in [-0.05, 0) is 24.0 Å². The molecule has 0 aliphatic carbocycles. The lowest BCUT2D eigenvalue weighted by Crippen LogP contribution is -2.39. The van der Waals surface area contributed by atoms with E-state index < -0.39 is 5.60 Å². The minimum atomic E-state index is -0.727. The number of ether oxygens (including phenoxy) is 1. The largest absolute Gasteiger partial charge is 0.385 e. The smallest absolute Gasteiger partial charge is 0.0951 e. The molecule has 2 nitrogen and oxygen atoms in total. The molecule has 2 unspecified atom stereocenters. The highest BCUT2D eigenvalue weighted by Crippen LogP contribution is 2.44. The van der Waals surface area contributed by atoms with Crippen molar-refractivity contribution in [1.29, 1.82) is 0 Å². The van der Waals surface area contributed by atoms with Crippen molar-refractivity contribution in [1.82, 2.24) is 0 Å². The van der Waals surface area contributed by atoms with E-state index in [-0.39, 0.29) is 12.2 Å². The van der Waals surface area contributed by atoms with Crippen molar-refractivity contribution >= 4 is 6.08 Å². The van der Waals surface area contributed by atoms with E-state index in [0.29, 0.717) is 12.8 Å². The van der Waals surface area contributed by atoms with Crippen LogP contribution in [0.25, 0.3) is 6.08 Å². The fourth-order valence-electron chi connectivity index (χ4n) is 3.24. The van der Waals surface area contributed by atoms with Crippen molar-refractivity contribution in [3.05, 3.63) is 42.0 Å². The molecule has 1 N–H and O–H groups in total. The van der Waals surface area contributed by atoms with Gasteiger partial charge in [-0.25, -0.2) is 0 Å². The minimum absolute atomic E-state index is 0.233. The van der Waals surface area contributed by atoms with Crippen LogP contribution in [-0.2, 0) is 10.3 Å². The molecule has 2 heteroatoms. The van der Waals surface area contributed by atoms with E-state index in [1.807, 2.05) is 30.3 Å². The molecule has 0 aromatic heterocycles. The van der Waals surface area contributed by atoms with Crippen LogP contribution in [0.15, 0.2) is 30.8 Å². The molecule has 2 bridgehead atoms. The van der Waals surface area contributed by atoms with Crippen LogP contribution in [0.2, 0.25) is 0 Å². The van der Waals surface area contributed by atoms with E-state index >= 15 is 0 Å². The van der Waals surface area contributed by atoms with E-state index in [4.69, 9.17) is 4.74 Å². The topological polar surface area (TPSA) is 29.5 Å². The Hall–Kier alpha value is -1.12. The molecule has 2 fully saturated rings. The SMILES string of the molecule is C=Cc1ccccc1C1(O)CC2CCC(C1)O2. The first kappa shape index (κ1) is 11.0. The Bertz CT molecular complexity index is 426. The van der Waals surface area contributed by atoms with Crippen LogP contribution in [-0.4, -0.2) is 17.3 Å². The van der Waals surface area contributed by atoms with Gasteiger partial charge in [-0.15, -0.1) is 0 Å². The summed E-state index contributed by atoms with van der Waals surface area (Å²) < 4.78 is 5.80. The zero-order valence-corrected chi connectivity index (χ0v) is 9.93. The van der Waals surface area contributed by atoms with E-state index in [1.165, 1.54) is 0 Å². The van der Waals surface area contributed by atoms with Crippen LogP contribution in [0.3, 0.4) is 0 Å². The Kier molecular flexibility index (Phi) is 2.57. The molecule has 2 atom stereocenters. The number of benzene rings is 1. The van der Waals surface area contributed by atoms with Gasteiger partial charge in [-0.3, -0.25) is 0 Å². The highest BCUT2D eigenvalue weighted by atomic mass is 16.5. The number of aliphatic hydroxyl groups is 1. The summed E-state index contributed by atoms with van der Waals surface area (Å²) >= 11 is 0. The standard InChI is InChI=1S/C15H18O2/c1-2-11-5-3-4-6-14(11)15(16)9-12-7-8-13(10-15)17-12/h2-6,12-13,16H,1,7-10H2. The Morgan fingerprint density at radius 3 is 2.53 bits per heavy atom. The number of fused-ring (bicyclic) bond motifs is 2. The molecule has 0 saturated carbocycles. The van der Waals surface area contributed by atoms with Gasteiger partial charge in [-0.1, -0.05) is 36.9 Å². The fourth-order valence-corrected chi connectivity index (χ4v) is 3.24. The maximum atomic E-state index is 10.9. The van der Waals surface area contributed by atoms with Crippen molar-refractivity contribution in [2.24, 2.45) is 0 Å². The Morgan fingerprint density at radius 1 is 1.24 bits per heavy atom. The first-order chi connectivity index (χ1) is 8.21. The van der Waals surface area contributed by atoms with Crippen LogP contribution in [0.1, 0.15) is 36.8 Å². The summed E-state index contributed by atoms with van der Waals surface area (Å²) in [6.07, 6.45) is 5.90. The van der Waals surface area contributed by atoms with Gasteiger partial charge in [-0.2, -0.15) is 0 Å². The molecular formula is C15H18O2. The second kappa shape index (κ2) is 3.97. The molecule has 3 rings (SSSR count). The van der Waals surface area contributed by atoms with Crippen LogP contribution in [0.4, 0.5) is 0 Å². The second-order valence-electron chi connectivity index (χ2n) is 5.19. The van der Waals surface area contributed by atoms with Gasteiger partial charge < -0.3 is 9.84 Å². The summed E-state index contributed by atoms with van der Waals surface area (Å²) in [5.41, 5.74) is 1.32. The Morgan fingerprint density at radius 2 is 1.88 bits per heavy atom. The molecule has 0 radical (unpaired) electrons. The van der Waals surface area contributed by atoms with Gasteiger partial charge in [0.15, 0.2) is 0 Å². The summed E-state index contributed by atoms with van der Waals surface area (Å²) in [6, 6.07) is 7.99. The third-order valence-corrected chi connectivity index (χ3v) is 4.01. The number of rotatable bonds is 2. The van der Waals surface area contributed by atoms with Crippen molar-refractivity contribution in [2.45, 2.75) is 43.5 Å². The molecule has 2 aliphatic rings. The summed E-state index contributed by atoms with van der Waals surface area (Å²) in [5, 5.41) is 10.9. The predicted octanol–water partition coefficient (Wildman–Crippen LogP) is 2.86. The lowest BCUT2D eigenvalue weighted by atomic mass is 9.81. The number of hydrogen-bond donors (Lipinski definition) is 1. The van der Waals surface area contributed by atoms with Crippen LogP contribution < -0.4 is 0 Å². The van der Waals surface area contributed by atoms with Crippen molar-refractivity contribution in [3.8, 4) is 0 Å². The highest BCUT2D eigenvalue weighted by Gasteiger charge is 2.45. The van der Waals surface area contributed by atoms with Gasteiger partial charge in [0, 0.05) is 12.8 Å². The average molecular weight is 230 g/mol. The van der Waals surface area contributed by atoms with Gasteiger partial charge in [0.25, 0.3) is 0 Å². The first-order valence-electron chi connectivity index (χ1n) is 6.31. The van der Waals surface area contributed by atoms with Gasteiger partial charge in [0.2, 0.25) is 0 Å². The van der Waals surface area contributed by atoms with E-state index in [0.717, 1.165) is 24.0 Å². The summed E-state index contributed by atoms with van der Waals surface area (Å²) in [7, 11) is 0. The van der Waals surface area contributed by atoms with Crippen LogP contribution in [0, 0.1) is 0 Å². The maximum absolute atomic E-state index is 10.9. The maximum Gasteiger partial charge on any atom is 0.0951 e. The second-order valence-corrected chi connectivity index (χ2v) is 5.19. The van der Waals surface area contributed by atoms with E-state index in [9.17, 15) is 5.11 Å². The third kappa shape index (κ3) is 1.81. The van der Waals surface area contributed by atoms with Gasteiger partial charge >= 0.3 is 0 Å². The molecule has 2 aliphatic heterocycles. The number of hydrogen-bond acceptors (Lipinski definition) is 2. The van der Waals surface area contributed by atoms with Crippen molar-refractivity contribution in [3.63, 3.8) is 0 Å². The summed E-state index contributed by atoms with van der Waals surface area (Å²) in [4.78, 5) is 0. The van der Waals surface area contributed by atoms with Crippen molar-refractivity contribution in [2.75, 3.05) is 0 Å². The quantitative estimate of drug-likeness (QED) is 0.846. The highest BCUT2D eigenvalue weighted by molar-refractivity contribution is 5.53. The zero-order valence-electron chi connectivity index (χ0n) is 9.93. The Balaban J connectivity index is 1.99. The third-order valence-electron chi connectivity index (χ3n) is 4.01. The lowest BCUT2D eigenvalue weighted by Gasteiger charge is -2.37. The molecule has 2 heterocycles. The van der Waals surface area contributed by atoms with E-state index in [1.54, 1.807) is 0 Å². The molecule has 1 aromatic rings. The minimum Gasteiger partial charge on any atom is -0.385 e. The van der Waals surface area contributed by atoms with E-state index in [2.05, 4.69) is 6.58 Å². The molecule has 90 valence electrons. The molecule has 2 saturated heterocycles. The predicted molar refractivity (Wildman–Crippen MR) is 67.6 cm³/mol. The summed E-state index contributed by atoms with van der Waals surface area (Å²) in [5.74, 6) is 0. The fraction of sp³-hybridized carbons (Fsp3) is 0.467. The van der Waals surface area contributed by atoms with Crippen LogP contribution in [0.5, 0.6) is 0 Å². The monoisotopic (exact) mass is 230 g/mol. The van der Waals surface area contributed by atoms with Crippen LogP contribution >= 0.6 is 0 Å². The lowest BCUT2D eigenvalue weighted by molar-refractivity contribution is -0.115. The molecule has 17 heavy (non-hydrogen) atoms. The Labute approximate surface area is 102 Å². The van der Waals surface area contributed by atoms with Crippen molar-refractivity contribution < 1.29 is 9.84 Å². The molecular weight excluding hydrogens is 212 g/mol. The van der Waals surface area contributed by atoms with Gasteiger partial charge in [0.1, 0.15) is 0 Å². The zero-order chi connectivity index (χ0) is 11.9. The average Bonchev–Trinajstić information content (AvgIpc) is 2.69. The molecule has 0 spiro atoms. The molecule has 0 amide bonds. The summed E-state index contributed by atoms with van der Waals surface area (Å²) in [6.45, 7) is 3.83. The normalized spacial score (nSPS) is 35.8.